The SMILES string of the molecule is CC(C)Cc1nc2c(n1CC1CCCCO1)CCNC2. The molecular weight excluding hydrogens is 250 g/mol. The topological polar surface area (TPSA) is 39.1 Å². The van der Waals surface area contributed by atoms with Crippen molar-refractivity contribution in [3.8, 4) is 0 Å². The first-order chi connectivity index (χ1) is 9.74. The summed E-state index contributed by atoms with van der Waals surface area (Å²) in [6, 6.07) is 0. The summed E-state index contributed by atoms with van der Waals surface area (Å²) in [5, 5.41) is 3.43. The van der Waals surface area contributed by atoms with Crippen molar-refractivity contribution in [2.75, 3.05) is 13.2 Å². The van der Waals surface area contributed by atoms with E-state index in [0.717, 1.165) is 39.1 Å². The van der Waals surface area contributed by atoms with E-state index in [9.17, 15) is 0 Å². The maximum absolute atomic E-state index is 5.94. The highest BCUT2D eigenvalue weighted by molar-refractivity contribution is 5.21. The molecule has 20 heavy (non-hydrogen) atoms. The van der Waals surface area contributed by atoms with Crippen molar-refractivity contribution in [2.24, 2.45) is 5.92 Å². The van der Waals surface area contributed by atoms with Crippen LogP contribution in [0.2, 0.25) is 0 Å². The molecule has 1 unspecified atom stereocenters. The smallest absolute Gasteiger partial charge is 0.109 e. The zero-order valence-electron chi connectivity index (χ0n) is 12.8. The molecule has 112 valence electrons. The Hall–Kier alpha value is -0.870. The van der Waals surface area contributed by atoms with E-state index >= 15 is 0 Å². The molecule has 1 aromatic rings. The summed E-state index contributed by atoms with van der Waals surface area (Å²) in [5.41, 5.74) is 2.72. The molecule has 0 aromatic carbocycles. The first-order valence-corrected chi connectivity index (χ1v) is 8.13. The van der Waals surface area contributed by atoms with Gasteiger partial charge < -0.3 is 14.6 Å². The molecule has 0 amide bonds. The van der Waals surface area contributed by atoms with Gasteiger partial charge in [0.05, 0.1) is 18.3 Å². The van der Waals surface area contributed by atoms with Crippen LogP contribution in [0.4, 0.5) is 0 Å². The largest absolute Gasteiger partial charge is 0.376 e. The summed E-state index contributed by atoms with van der Waals surface area (Å²) in [7, 11) is 0. The fourth-order valence-electron chi connectivity index (χ4n) is 3.32. The Kier molecular flexibility index (Phi) is 4.41. The normalized spacial score (nSPS) is 23.1. The Morgan fingerprint density at radius 3 is 3.05 bits per heavy atom. The van der Waals surface area contributed by atoms with Crippen molar-refractivity contribution < 1.29 is 4.74 Å². The van der Waals surface area contributed by atoms with Crippen LogP contribution in [0, 0.1) is 5.92 Å². The van der Waals surface area contributed by atoms with Crippen LogP contribution < -0.4 is 5.32 Å². The number of aromatic nitrogens is 2. The lowest BCUT2D eigenvalue weighted by Gasteiger charge is -2.25. The van der Waals surface area contributed by atoms with Crippen molar-refractivity contribution in [1.29, 1.82) is 0 Å². The Morgan fingerprint density at radius 2 is 2.30 bits per heavy atom. The van der Waals surface area contributed by atoms with Gasteiger partial charge in [0.15, 0.2) is 0 Å². The van der Waals surface area contributed by atoms with Crippen LogP contribution in [0.25, 0.3) is 0 Å². The van der Waals surface area contributed by atoms with Gasteiger partial charge in [-0.2, -0.15) is 0 Å². The highest BCUT2D eigenvalue weighted by Crippen LogP contribution is 2.22. The van der Waals surface area contributed by atoms with Crippen LogP contribution >= 0.6 is 0 Å². The molecule has 4 heteroatoms. The number of ether oxygens (including phenoxy) is 1. The monoisotopic (exact) mass is 277 g/mol. The summed E-state index contributed by atoms with van der Waals surface area (Å²) < 4.78 is 8.42. The predicted molar refractivity (Wildman–Crippen MR) is 79.8 cm³/mol. The average Bonchev–Trinajstić information content (AvgIpc) is 2.77. The molecule has 4 nitrogen and oxygen atoms in total. The molecule has 0 saturated carbocycles. The number of hydrogen-bond donors (Lipinski definition) is 1. The molecule has 2 aliphatic heterocycles. The lowest BCUT2D eigenvalue weighted by Crippen LogP contribution is -2.29. The molecule has 1 aromatic heterocycles. The van der Waals surface area contributed by atoms with Gasteiger partial charge in [-0.25, -0.2) is 4.98 Å². The molecule has 0 bridgehead atoms. The van der Waals surface area contributed by atoms with E-state index in [1.807, 2.05) is 0 Å². The van der Waals surface area contributed by atoms with Gasteiger partial charge in [0.25, 0.3) is 0 Å². The zero-order valence-corrected chi connectivity index (χ0v) is 12.8. The maximum atomic E-state index is 5.94. The Labute approximate surface area is 121 Å². The molecule has 1 saturated heterocycles. The predicted octanol–water partition coefficient (Wildman–Crippen LogP) is 2.30. The van der Waals surface area contributed by atoms with Gasteiger partial charge in [-0.3, -0.25) is 0 Å². The summed E-state index contributed by atoms with van der Waals surface area (Å²) >= 11 is 0. The average molecular weight is 277 g/mol. The fourth-order valence-corrected chi connectivity index (χ4v) is 3.32. The number of nitrogens with one attached hydrogen (secondary N) is 1. The maximum Gasteiger partial charge on any atom is 0.109 e. The van der Waals surface area contributed by atoms with Gasteiger partial charge in [0, 0.05) is 38.2 Å². The van der Waals surface area contributed by atoms with Crippen LogP contribution in [0.15, 0.2) is 0 Å². The fraction of sp³-hybridized carbons (Fsp3) is 0.812. The van der Waals surface area contributed by atoms with Crippen LogP contribution in [0.5, 0.6) is 0 Å². The molecule has 3 heterocycles. The van der Waals surface area contributed by atoms with Gasteiger partial charge in [0.2, 0.25) is 0 Å². The summed E-state index contributed by atoms with van der Waals surface area (Å²) in [6.45, 7) is 8.48. The van der Waals surface area contributed by atoms with E-state index < -0.39 is 0 Å². The summed E-state index contributed by atoms with van der Waals surface area (Å²) in [5.74, 6) is 1.92. The minimum Gasteiger partial charge on any atom is -0.376 e. The Morgan fingerprint density at radius 1 is 1.40 bits per heavy atom. The quantitative estimate of drug-likeness (QED) is 0.918. The third-order valence-electron chi connectivity index (χ3n) is 4.32. The van der Waals surface area contributed by atoms with E-state index in [4.69, 9.17) is 9.72 Å². The van der Waals surface area contributed by atoms with E-state index in [2.05, 4.69) is 23.7 Å². The van der Waals surface area contributed by atoms with E-state index in [-0.39, 0.29) is 0 Å². The van der Waals surface area contributed by atoms with Gasteiger partial charge in [-0.15, -0.1) is 0 Å². The van der Waals surface area contributed by atoms with Crippen molar-refractivity contribution in [3.63, 3.8) is 0 Å². The van der Waals surface area contributed by atoms with Gasteiger partial charge >= 0.3 is 0 Å². The van der Waals surface area contributed by atoms with Crippen molar-refractivity contribution in [3.05, 3.63) is 17.2 Å². The molecule has 0 aliphatic carbocycles. The van der Waals surface area contributed by atoms with Crippen LogP contribution in [-0.2, 0) is 30.7 Å². The minimum absolute atomic E-state index is 0.392. The van der Waals surface area contributed by atoms with Crippen LogP contribution in [0.1, 0.15) is 50.3 Å². The first-order valence-electron chi connectivity index (χ1n) is 8.13. The Balaban J connectivity index is 1.83. The lowest BCUT2D eigenvalue weighted by atomic mass is 10.1. The lowest BCUT2D eigenvalue weighted by molar-refractivity contribution is 0.00502. The van der Waals surface area contributed by atoms with Crippen molar-refractivity contribution >= 4 is 0 Å². The summed E-state index contributed by atoms with van der Waals surface area (Å²) in [6.07, 6.45) is 6.30. The third-order valence-corrected chi connectivity index (χ3v) is 4.32. The zero-order chi connectivity index (χ0) is 13.9. The molecule has 1 N–H and O–H groups in total. The number of imidazole rings is 1. The molecule has 1 atom stereocenters. The number of fused-ring (bicyclic) bond motifs is 1. The highest BCUT2D eigenvalue weighted by Gasteiger charge is 2.23. The molecular formula is C16H27N3O. The van der Waals surface area contributed by atoms with Crippen LogP contribution in [-0.4, -0.2) is 28.8 Å². The second-order valence-electron chi connectivity index (χ2n) is 6.55. The first kappa shape index (κ1) is 14.1. The molecule has 3 rings (SSSR count). The number of nitrogens with zero attached hydrogens (tertiary/aromatic N) is 2. The molecule has 2 aliphatic rings. The second-order valence-corrected chi connectivity index (χ2v) is 6.55. The molecule has 0 radical (unpaired) electrons. The molecule has 0 spiro atoms. The highest BCUT2D eigenvalue weighted by atomic mass is 16.5. The standard InChI is InChI=1S/C16H27N3O/c1-12(2)9-16-18-14-10-17-7-6-15(14)19(16)11-13-5-3-4-8-20-13/h12-13,17H,3-11H2,1-2H3. The van der Waals surface area contributed by atoms with Gasteiger partial charge in [-0.1, -0.05) is 13.8 Å². The van der Waals surface area contributed by atoms with E-state index in [0.29, 0.717) is 12.0 Å². The van der Waals surface area contributed by atoms with Crippen molar-refractivity contribution in [2.45, 2.75) is 65.1 Å². The summed E-state index contributed by atoms with van der Waals surface area (Å²) in [4.78, 5) is 4.90. The second kappa shape index (κ2) is 6.27. The number of hydrogen-bond acceptors (Lipinski definition) is 3. The van der Waals surface area contributed by atoms with E-state index in [1.165, 1.54) is 36.5 Å². The van der Waals surface area contributed by atoms with Gasteiger partial charge in [0.1, 0.15) is 5.82 Å². The molecule has 1 fully saturated rings. The van der Waals surface area contributed by atoms with Crippen LogP contribution in [0.3, 0.4) is 0 Å². The third kappa shape index (κ3) is 3.07. The van der Waals surface area contributed by atoms with Crippen molar-refractivity contribution in [1.82, 2.24) is 14.9 Å². The van der Waals surface area contributed by atoms with E-state index in [1.54, 1.807) is 0 Å². The number of rotatable bonds is 4. The minimum atomic E-state index is 0.392. The van der Waals surface area contributed by atoms with Gasteiger partial charge in [-0.05, 0) is 25.2 Å². The Bertz CT molecular complexity index is 447.